The van der Waals surface area contributed by atoms with Gasteiger partial charge in [0.05, 0.1) is 12.7 Å². The monoisotopic (exact) mass is 365 g/mol. The smallest absolute Gasteiger partial charge is 0.172 e. The van der Waals surface area contributed by atoms with Gasteiger partial charge in [0.2, 0.25) is 0 Å². The first-order valence-electron chi connectivity index (χ1n) is 9.58. The van der Waals surface area contributed by atoms with E-state index in [4.69, 9.17) is 9.47 Å². The van der Waals surface area contributed by atoms with E-state index in [9.17, 15) is 5.11 Å². The lowest BCUT2D eigenvalue weighted by Gasteiger charge is -2.34. The first-order valence-corrected chi connectivity index (χ1v) is 9.58. The van der Waals surface area contributed by atoms with Crippen LogP contribution in [-0.4, -0.2) is 17.8 Å². The van der Waals surface area contributed by atoms with Crippen molar-refractivity contribution < 1.29 is 14.6 Å². The van der Waals surface area contributed by atoms with E-state index in [0.717, 1.165) is 52.8 Å². The molecule has 0 radical (unpaired) electrons. The number of ether oxygens (including phenoxy) is 2. The Morgan fingerprint density at radius 2 is 1.96 bits per heavy atom. The molecule has 2 aliphatic rings. The van der Waals surface area contributed by atoms with Crippen LogP contribution in [0.4, 0.5) is 5.69 Å². The zero-order valence-electron chi connectivity index (χ0n) is 16.7. The molecular formula is C23H27NO3. The molecule has 0 saturated carbocycles. The van der Waals surface area contributed by atoms with Crippen molar-refractivity contribution in [2.45, 2.75) is 52.5 Å². The normalized spacial score (nSPS) is 16.6. The van der Waals surface area contributed by atoms with Gasteiger partial charge in [0.1, 0.15) is 11.5 Å². The summed E-state index contributed by atoms with van der Waals surface area (Å²) >= 11 is 0. The molecule has 0 unspecified atom stereocenters. The molecule has 0 atom stereocenters. The number of rotatable bonds is 3. The van der Waals surface area contributed by atoms with Crippen molar-refractivity contribution in [1.29, 1.82) is 0 Å². The number of hydrogen-bond donors (Lipinski definition) is 2. The highest BCUT2D eigenvalue weighted by Crippen LogP contribution is 2.45. The van der Waals surface area contributed by atoms with Gasteiger partial charge in [-0.25, -0.2) is 0 Å². The van der Waals surface area contributed by atoms with E-state index < -0.39 is 0 Å². The molecule has 0 aliphatic carbocycles. The van der Waals surface area contributed by atoms with Gasteiger partial charge >= 0.3 is 0 Å². The fourth-order valence-electron chi connectivity index (χ4n) is 4.50. The predicted octanol–water partition coefficient (Wildman–Crippen LogP) is 4.13. The van der Waals surface area contributed by atoms with E-state index in [-0.39, 0.29) is 11.3 Å². The lowest BCUT2D eigenvalue weighted by atomic mass is 9.86. The third-order valence-corrected chi connectivity index (χ3v) is 5.37. The maximum absolute atomic E-state index is 10.3. The van der Waals surface area contributed by atoms with Crippen molar-refractivity contribution in [3.05, 3.63) is 34.7 Å². The standard InChI is InChI=1S/C23H27NO3/c1-6-7-17-20-14(21-18(27-17)11-10-16(25)22(21)26-5)8-9-15-19(20)13(2)12-23(3,4)24-15/h8-11,24-25H,6-7,12H2,1-5H3. The highest BCUT2D eigenvalue weighted by atomic mass is 16.5. The van der Waals surface area contributed by atoms with Gasteiger partial charge in [0.15, 0.2) is 11.5 Å². The minimum absolute atomic E-state index is 0.0274. The van der Waals surface area contributed by atoms with Crippen LogP contribution in [0.25, 0.3) is 22.5 Å². The molecule has 0 fully saturated rings. The number of phenolic OH excluding ortho intramolecular Hbond substituents is 1. The van der Waals surface area contributed by atoms with E-state index in [1.54, 1.807) is 13.2 Å². The van der Waals surface area contributed by atoms with E-state index in [0.29, 0.717) is 5.75 Å². The van der Waals surface area contributed by atoms with Gasteiger partial charge in [-0.05, 0) is 51.8 Å². The van der Waals surface area contributed by atoms with E-state index in [1.807, 2.05) is 6.07 Å². The number of aromatic hydroxyl groups is 1. The number of phenols is 1. The second-order valence-corrected chi connectivity index (χ2v) is 8.14. The topological polar surface area (TPSA) is 50.7 Å². The van der Waals surface area contributed by atoms with Crippen LogP contribution in [0.3, 0.4) is 0 Å². The van der Waals surface area contributed by atoms with E-state index in [1.165, 1.54) is 10.8 Å². The summed E-state index contributed by atoms with van der Waals surface area (Å²) in [4.78, 5) is 0. The summed E-state index contributed by atoms with van der Waals surface area (Å²) in [6, 6.07) is 7.71. The summed E-state index contributed by atoms with van der Waals surface area (Å²) in [5, 5.41) is 16.3. The van der Waals surface area contributed by atoms with Gasteiger partial charge in [-0.1, -0.05) is 18.6 Å². The van der Waals surface area contributed by atoms with Crippen LogP contribution in [0.2, 0.25) is 0 Å². The summed E-state index contributed by atoms with van der Waals surface area (Å²) in [6.45, 7) is 8.82. The molecule has 4 nitrogen and oxygen atoms in total. The Morgan fingerprint density at radius 1 is 1.19 bits per heavy atom. The van der Waals surface area contributed by atoms with Crippen molar-refractivity contribution >= 4 is 17.0 Å². The van der Waals surface area contributed by atoms with Crippen LogP contribution in [0, 0.1) is 0 Å². The molecule has 2 aromatic rings. The Balaban J connectivity index is 2.14. The quantitative estimate of drug-likeness (QED) is 0.859. The third-order valence-electron chi connectivity index (χ3n) is 5.37. The molecular weight excluding hydrogens is 338 g/mol. The molecule has 4 heteroatoms. The van der Waals surface area contributed by atoms with Gasteiger partial charge < -0.3 is 19.9 Å². The number of methoxy groups -OCH3 is 1. The molecule has 0 spiro atoms. The Bertz CT molecular complexity index is 1050. The Labute approximate surface area is 160 Å². The molecule has 2 aromatic carbocycles. The van der Waals surface area contributed by atoms with Crippen LogP contribution in [0.15, 0.2) is 24.3 Å². The van der Waals surface area contributed by atoms with Crippen molar-refractivity contribution in [2.75, 3.05) is 12.4 Å². The molecule has 0 saturated heterocycles. The molecule has 0 aromatic heterocycles. The zero-order valence-corrected chi connectivity index (χ0v) is 16.7. The fraction of sp³-hybridized carbons (Fsp3) is 0.391. The molecule has 2 N–H and O–H groups in total. The summed E-state index contributed by atoms with van der Waals surface area (Å²) in [6.07, 6.45) is 2.84. The summed E-state index contributed by atoms with van der Waals surface area (Å²) in [5.41, 5.74) is 4.41. The summed E-state index contributed by atoms with van der Waals surface area (Å²) in [7, 11) is 1.58. The number of fused-ring (bicyclic) bond motifs is 5. The first-order chi connectivity index (χ1) is 12.9. The second-order valence-electron chi connectivity index (χ2n) is 8.14. The van der Waals surface area contributed by atoms with Crippen LogP contribution < -0.4 is 25.2 Å². The average molecular weight is 365 g/mol. The van der Waals surface area contributed by atoms with Gasteiger partial charge in [-0.15, -0.1) is 0 Å². The summed E-state index contributed by atoms with van der Waals surface area (Å²) in [5.74, 6) is 2.32. The van der Waals surface area contributed by atoms with Gasteiger partial charge in [-0.2, -0.15) is 0 Å². The molecule has 4 rings (SSSR count). The minimum Gasteiger partial charge on any atom is -0.504 e. The van der Waals surface area contributed by atoms with Crippen LogP contribution >= 0.6 is 0 Å². The van der Waals surface area contributed by atoms with Gasteiger partial charge in [0, 0.05) is 33.6 Å². The predicted molar refractivity (Wildman–Crippen MR) is 110 cm³/mol. The Kier molecular flexibility index (Phi) is 4.10. The van der Waals surface area contributed by atoms with Crippen molar-refractivity contribution in [3.63, 3.8) is 0 Å². The zero-order chi connectivity index (χ0) is 19.3. The maximum Gasteiger partial charge on any atom is 0.172 e. The molecule has 2 heterocycles. The molecule has 142 valence electrons. The number of nitrogens with one attached hydrogen (secondary N) is 1. The molecule has 27 heavy (non-hydrogen) atoms. The lowest BCUT2D eigenvalue weighted by Crippen LogP contribution is -2.45. The Hall–Kier alpha value is -2.62. The van der Waals surface area contributed by atoms with Crippen molar-refractivity contribution in [2.24, 2.45) is 0 Å². The van der Waals surface area contributed by atoms with Crippen molar-refractivity contribution in [1.82, 2.24) is 0 Å². The molecule has 0 amide bonds. The van der Waals surface area contributed by atoms with Gasteiger partial charge in [-0.3, -0.25) is 0 Å². The highest BCUT2D eigenvalue weighted by Gasteiger charge is 2.29. The largest absolute Gasteiger partial charge is 0.504 e. The molecule has 2 aliphatic heterocycles. The summed E-state index contributed by atoms with van der Waals surface area (Å²) < 4.78 is 11.9. The van der Waals surface area contributed by atoms with Crippen LogP contribution in [0.1, 0.15) is 47.0 Å². The first kappa shape index (κ1) is 17.8. The van der Waals surface area contributed by atoms with Crippen LogP contribution in [0.5, 0.6) is 17.2 Å². The number of anilines is 1. The number of hydrogen-bond acceptors (Lipinski definition) is 4. The van der Waals surface area contributed by atoms with Gasteiger partial charge in [0.25, 0.3) is 0 Å². The number of benzene rings is 2. The lowest BCUT2D eigenvalue weighted by molar-refractivity contribution is 0.371. The second kappa shape index (κ2) is 6.22. The molecule has 0 bridgehead atoms. The Morgan fingerprint density at radius 3 is 2.67 bits per heavy atom. The average Bonchev–Trinajstić information content (AvgIpc) is 2.60. The van der Waals surface area contributed by atoms with E-state index >= 15 is 0 Å². The van der Waals surface area contributed by atoms with Crippen molar-refractivity contribution in [3.8, 4) is 28.4 Å². The maximum atomic E-state index is 10.3. The van der Waals surface area contributed by atoms with Crippen LogP contribution in [-0.2, 0) is 0 Å². The minimum atomic E-state index is 0.0274. The third kappa shape index (κ3) is 2.75. The fourth-order valence-corrected chi connectivity index (χ4v) is 4.50. The SMILES string of the molecule is CCCC1=c2c(ccc3c2=C(C)CC(C)(C)N3)-c2c(ccc(O)c2OC)O1. The highest BCUT2D eigenvalue weighted by molar-refractivity contribution is 5.85. The van der Waals surface area contributed by atoms with E-state index in [2.05, 4.69) is 45.1 Å².